The molecule has 4 heteroatoms. The lowest BCUT2D eigenvalue weighted by Crippen LogP contribution is -2.25. The Kier molecular flexibility index (Phi) is 2.63. The molecule has 0 radical (unpaired) electrons. The Balaban J connectivity index is 3.62. The van der Waals surface area contributed by atoms with Gasteiger partial charge >= 0.3 is 5.38 Å². The average Bonchev–Trinajstić information content (AvgIpc) is 1.62. The van der Waals surface area contributed by atoms with Crippen LogP contribution in [-0.4, -0.2) is 16.6 Å². The minimum Gasteiger partial charge on any atom is -0.385 e. The van der Waals surface area contributed by atoms with E-state index < -0.39 is 11.5 Å². The molecule has 50 valence electrons. The summed E-state index contributed by atoms with van der Waals surface area (Å²) in [6.07, 6.45) is -1.75. The molecule has 0 aliphatic rings. The summed E-state index contributed by atoms with van der Waals surface area (Å²) in [5.74, 6) is 0. The summed E-state index contributed by atoms with van der Waals surface area (Å²) in [5, 5.41) is 4.85. The van der Waals surface area contributed by atoms with Crippen LogP contribution in [0.15, 0.2) is 0 Å². The second-order valence-corrected chi connectivity index (χ2v) is 1.97. The molecular formula is C4H7ClF2O. The number of hydrogen-bond donors (Lipinski definition) is 1. The standard InChI is InChI=1S/C4H7ClF2O/c1-2-3(8)4(5,6)7/h3,8H,2H2,1H3. The van der Waals surface area contributed by atoms with Crippen molar-refractivity contribution < 1.29 is 13.9 Å². The van der Waals surface area contributed by atoms with Gasteiger partial charge in [0.1, 0.15) is 6.10 Å². The van der Waals surface area contributed by atoms with Crippen LogP contribution >= 0.6 is 11.6 Å². The fourth-order valence-corrected chi connectivity index (χ4v) is 0.386. The maximum Gasteiger partial charge on any atom is 0.347 e. The number of aliphatic hydroxyl groups excluding tert-OH is 1. The van der Waals surface area contributed by atoms with Crippen molar-refractivity contribution in [2.24, 2.45) is 0 Å². The molecule has 0 aromatic rings. The maximum atomic E-state index is 11.6. The zero-order chi connectivity index (χ0) is 6.78. The van der Waals surface area contributed by atoms with E-state index in [9.17, 15) is 8.78 Å². The first-order valence-electron chi connectivity index (χ1n) is 2.23. The van der Waals surface area contributed by atoms with Crippen LogP contribution in [0.1, 0.15) is 13.3 Å². The van der Waals surface area contributed by atoms with Crippen LogP contribution in [0.4, 0.5) is 8.78 Å². The molecule has 0 bridgehead atoms. The molecule has 0 saturated carbocycles. The number of hydrogen-bond acceptors (Lipinski definition) is 1. The first-order valence-corrected chi connectivity index (χ1v) is 2.61. The van der Waals surface area contributed by atoms with Gasteiger partial charge < -0.3 is 5.11 Å². The highest BCUT2D eigenvalue weighted by Crippen LogP contribution is 2.24. The summed E-state index contributed by atoms with van der Waals surface area (Å²) in [5.41, 5.74) is 0. The summed E-state index contributed by atoms with van der Waals surface area (Å²) in [6, 6.07) is 0. The van der Waals surface area contributed by atoms with Gasteiger partial charge in [-0.3, -0.25) is 0 Å². The van der Waals surface area contributed by atoms with E-state index in [0.717, 1.165) is 0 Å². The minimum atomic E-state index is -3.46. The monoisotopic (exact) mass is 144 g/mol. The van der Waals surface area contributed by atoms with E-state index in [1.165, 1.54) is 6.92 Å². The van der Waals surface area contributed by atoms with Crippen molar-refractivity contribution in [3.05, 3.63) is 0 Å². The number of halogens is 3. The van der Waals surface area contributed by atoms with Gasteiger partial charge in [0.25, 0.3) is 0 Å². The van der Waals surface area contributed by atoms with Crippen molar-refractivity contribution in [1.82, 2.24) is 0 Å². The Morgan fingerprint density at radius 1 is 1.75 bits per heavy atom. The predicted octanol–water partition coefficient (Wildman–Crippen LogP) is 1.59. The van der Waals surface area contributed by atoms with Gasteiger partial charge in [0.15, 0.2) is 0 Å². The highest BCUT2D eigenvalue weighted by atomic mass is 35.5. The van der Waals surface area contributed by atoms with Gasteiger partial charge in [-0.15, -0.1) is 0 Å². The molecule has 0 aliphatic carbocycles. The third kappa shape index (κ3) is 2.43. The number of alkyl halides is 3. The van der Waals surface area contributed by atoms with Gasteiger partial charge in [-0.1, -0.05) is 6.92 Å². The van der Waals surface area contributed by atoms with E-state index >= 15 is 0 Å². The van der Waals surface area contributed by atoms with Gasteiger partial charge in [0, 0.05) is 0 Å². The molecule has 0 fully saturated rings. The lowest BCUT2D eigenvalue weighted by atomic mass is 10.3. The Bertz CT molecular complexity index is 70.9. The van der Waals surface area contributed by atoms with E-state index in [1.807, 2.05) is 0 Å². The summed E-state index contributed by atoms with van der Waals surface area (Å²) in [6.45, 7) is 1.43. The normalized spacial score (nSPS) is 16.1. The molecule has 0 aromatic heterocycles. The van der Waals surface area contributed by atoms with Crippen molar-refractivity contribution in [2.75, 3.05) is 0 Å². The minimum absolute atomic E-state index is 0.0312. The summed E-state index contributed by atoms with van der Waals surface area (Å²) >= 11 is 4.40. The molecule has 1 nitrogen and oxygen atoms in total. The van der Waals surface area contributed by atoms with Crippen molar-refractivity contribution in [3.63, 3.8) is 0 Å². The van der Waals surface area contributed by atoms with Gasteiger partial charge in [0.05, 0.1) is 0 Å². The lowest BCUT2D eigenvalue weighted by molar-refractivity contribution is -0.0418. The van der Waals surface area contributed by atoms with Crippen molar-refractivity contribution in [1.29, 1.82) is 0 Å². The molecule has 1 atom stereocenters. The molecule has 0 aliphatic heterocycles. The quantitative estimate of drug-likeness (QED) is 0.584. The number of aliphatic hydroxyl groups is 1. The van der Waals surface area contributed by atoms with Crippen molar-refractivity contribution >= 4 is 11.6 Å². The van der Waals surface area contributed by atoms with E-state index in [2.05, 4.69) is 11.6 Å². The van der Waals surface area contributed by atoms with Crippen LogP contribution < -0.4 is 0 Å². The Morgan fingerprint density at radius 2 is 2.12 bits per heavy atom. The third-order valence-corrected chi connectivity index (χ3v) is 1.02. The third-order valence-electron chi connectivity index (χ3n) is 0.765. The highest BCUT2D eigenvalue weighted by molar-refractivity contribution is 6.22. The molecule has 0 rings (SSSR count). The van der Waals surface area contributed by atoms with Crippen LogP contribution in [0.5, 0.6) is 0 Å². The van der Waals surface area contributed by atoms with Gasteiger partial charge in [0.2, 0.25) is 0 Å². The van der Waals surface area contributed by atoms with Crippen LogP contribution in [0.3, 0.4) is 0 Å². The zero-order valence-corrected chi connectivity index (χ0v) is 5.12. The first kappa shape index (κ1) is 8.11. The predicted molar refractivity (Wildman–Crippen MR) is 27.1 cm³/mol. The summed E-state index contributed by atoms with van der Waals surface area (Å²) < 4.78 is 23.3. The Labute approximate surface area is 51.3 Å². The van der Waals surface area contributed by atoms with Crippen LogP contribution in [0.25, 0.3) is 0 Å². The molecule has 8 heavy (non-hydrogen) atoms. The van der Waals surface area contributed by atoms with E-state index in [1.54, 1.807) is 0 Å². The van der Waals surface area contributed by atoms with E-state index in [4.69, 9.17) is 5.11 Å². The fraction of sp³-hybridized carbons (Fsp3) is 1.00. The fourth-order valence-electron chi connectivity index (χ4n) is 0.231. The molecule has 0 heterocycles. The average molecular weight is 145 g/mol. The van der Waals surface area contributed by atoms with Crippen LogP contribution in [0.2, 0.25) is 0 Å². The smallest absolute Gasteiger partial charge is 0.347 e. The highest BCUT2D eigenvalue weighted by Gasteiger charge is 2.33. The molecule has 0 aromatic carbocycles. The Hall–Kier alpha value is 0.110. The summed E-state index contributed by atoms with van der Waals surface area (Å²) in [7, 11) is 0. The topological polar surface area (TPSA) is 20.2 Å². The molecule has 1 unspecified atom stereocenters. The van der Waals surface area contributed by atoms with E-state index in [0.29, 0.717) is 0 Å². The second-order valence-electron chi connectivity index (χ2n) is 1.47. The SMILES string of the molecule is CCC(O)C(F)(F)Cl. The molecule has 1 N–H and O–H groups in total. The maximum absolute atomic E-state index is 11.6. The Morgan fingerprint density at radius 3 is 2.12 bits per heavy atom. The van der Waals surface area contributed by atoms with Gasteiger partial charge in [-0.05, 0) is 18.0 Å². The number of rotatable bonds is 2. The second kappa shape index (κ2) is 2.60. The van der Waals surface area contributed by atoms with Crippen molar-refractivity contribution in [2.45, 2.75) is 24.8 Å². The molecule has 0 spiro atoms. The molecular weight excluding hydrogens is 137 g/mol. The largest absolute Gasteiger partial charge is 0.385 e. The van der Waals surface area contributed by atoms with Crippen molar-refractivity contribution in [3.8, 4) is 0 Å². The zero-order valence-electron chi connectivity index (χ0n) is 4.37. The summed E-state index contributed by atoms with van der Waals surface area (Å²) in [4.78, 5) is 0. The van der Waals surface area contributed by atoms with E-state index in [-0.39, 0.29) is 6.42 Å². The molecule has 0 amide bonds. The van der Waals surface area contributed by atoms with Gasteiger partial charge in [-0.25, -0.2) is 0 Å². The first-order chi connectivity index (χ1) is 3.48. The van der Waals surface area contributed by atoms with Crippen LogP contribution in [0, 0.1) is 0 Å². The van der Waals surface area contributed by atoms with Gasteiger partial charge in [-0.2, -0.15) is 8.78 Å². The van der Waals surface area contributed by atoms with Crippen LogP contribution in [-0.2, 0) is 0 Å². The molecule has 0 saturated heterocycles. The lowest BCUT2D eigenvalue weighted by Gasteiger charge is -2.12.